The number of sulfone groups is 1. The van der Waals surface area contributed by atoms with Crippen molar-refractivity contribution in [3.05, 3.63) is 47.3 Å². The van der Waals surface area contributed by atoms with Crippen LogP contribution < -0.4 is 0 Å². The van der Waals surface area contributed by atoms with Crippen LogP contribution in [0.15, 0.2) is 35.2 Å². The molecule has 2 rings (SSSR count). The van der Waals surface area contributed by atoms with E-state index in [0.717, 1.165) is 17.6 Å². The molecule has 0 spiro atoms. The fourth-order valence-corrected chi connectivity index (χ4v) is 2.85. The molecule has 2 aromatic rings. The monoisotopic (exact) mass is 306 g/mol. The third kappa shape index (κ3) is 3.58. The summed E-state index contributed by atoms with van der Waals surface area (Å²) in [6.45, 7) is 4.54. The summed E-state index contributed by atoms with van der Waals surface area (Å²) in [5.41, 5.74) is 2.11. The molecular formula is C15H18N2O3S. The number of ketones is 1. The maximum atomic E-state index is 12.3. The van der Waals surface area contributed by atoms with E-state index in [0.29, 0.717) is 12.1 Å². The number of rotatable bonds is 5. The van der Waals surface area contributed by atoms with Crippen molar-refractivity contribution in [3.8, 4) is 0 Å². The lowest BCUT2D eigenvalue weighted by molar-refractivity contribution is 0.0990. The first-order chi connectivity index (χ1) is 9.81. The molecule has 21 heavy (non-hydrogen) atoms. The van der Waals surface area contributed by atoms with E-state index in [9.17, 15) is 13.2 Å². The molecule has 0 saturated carbocycles. The zero-order valence-corrected chi connectivity index (χ0v) is 13.1. The van der Waals surface area contributed by atoms with Crippen LogP contribution in [0.1, 0.15) is 28.7 Å². The summed E-state index contributed by atoms with van der Waals surface area (Å²) < 4.78 is 24.9. The number of Topliss-reactive ketones (excluding diaryl/α,β-unsaturated/α-hetero) is 1. The Kier molecular flexibility index (Phi) is 4.27. The molecule has 0 atom stereocenters. The van der Waals surface area contributed by atoms with Crippen LogP contribution in [0.5, 0.6) is 0 Å². The van der Waals surface area contributed by atoms with E-state index in [-0.39, 0.29) is 17.1 Å². The van der Waals surface area contributed by atoms with Gasteiger partial charge in [-0.15, -0.1) is 0 Å². The van der Waals surface area contributed by atoms with E-state index in [1.54, 1.807) is 16.8 Å². The van der Waals surface area contributed by atoms with Crippen LogP contribution in [0.25, 0.3) is 0 Å². The largest absolute Gasteiger partial charge is 0.294 e. The third-order valence-corrected chi connectivity index (χ3v) is 4.32. The Balaban J connectivity index is 2.28. The average Bonchev–Trinajstić information content (AvgIpc) is 2.78. The van der Waals surface area contributed by atoms with Crippen LogP contribution in [-0.2, 0) is 22.8 Å². The molecule has 0 bridgehead atoms. The number of carbonyl (C=O) groups is 1. The molecule has 1 aromatic heterocycles. The second kappa shape index (κ2) is 5.81. The standard InChI is InChI=1S/C15H18N2O3S/c1-4-17-13(8-11(2)16-17)10-15(18)12-6-5-7-14(9-12)21(3,19)20/h5-9H,4,10H2,1-3H3. The molecule has 5 nitrogen and oxygen atoms in total. The zero-order valence-electron chi connectivity index (χ0n) is 12.3. The van der Waals surface area contributed by atoms with E-state index in [1.807, 2.05) is 19.9 Å². The van der Waals surface area contributed by atoms with Gasteiger partial charge in [-0.25, -0.2) is 8.42 Å². The molecule has 0 radical (unpaired) electrons. The van der Waals surface area contributed by atoms with Crippen molar-refractivity contribution in [2.75, 3.05) is 6.26 Å². The van der Waals surface area contributed by atoms with Gasteiger partial charge in [0.1, 0.15) is 0 Å². The lowest BCUT2D eigenvalue weighted by Gasteiger charge is -2.05. The molecule has 1 aromatic carbocycles. The van der Waals surface area contributed by atoms with E-state index < -0.39 is 9.84 Å². The highest BCUT2D eigenvalue weighted by molar-refractivity contribution is 7.90. The van der Waals surface area contributed by atoms with Crippen LogP contribution in [0.2, 0.25) is 0 Å². The molecule has 0 aliphatic carbocycles. The van der Waals surface area contributed by atoms with Crippen LogP contribution in [-0.4, -0.2) is 30.2 Å². The number of aromatic nitrogens is 2. The molecule has 6 heteroatoms. The number of hydrogen-bond acceptors (Lipinski definition) is 4. The van der Waals surface area contributed by atoms with Crippen molar-refractivity contribution in [1.82, 2.24) is 9.78 Å². The van der Waals surface area contributed by atoms with Gasteiger partial charge in [-0.05, 0) is 32.0 Å². The quantitative estimate of drug-likeness (QED) is 0.793. The van der Waals surface area contributed by atoms with Gasteiger partial charge in [0.05, 0.1) is 17.0 Å². The normalized spacial score (nSPS) is 11.6. The molecule has 0 aliphatic heterocycles. The summed E-state index contributed by atoms with van der Waals surface area (Å²) in [6.07, 6.45) is 1.34. The van der Waals surface area contributed by atoms with E-state index >= 15 is 0 Å². The second-order valence-corrected chi connectivity index (χ2v) is 7.01. The van der Waals surface area contributed by atoms with Gasteiger partial charge in [0.25, 0.3) is 0 Å². The van der Waals surface area contributed by atoms with Gasteiger partial charge in [0.2, 0.25) is 0 Å². The highest BCUT2D eigenvalue weighted by atomic mass is 32.2. The fourth-order valence-electron chi connectivity index (χ4n) is 2.18. The van der Waals surface area contributed by atoms with Gasteiger partial charge in [-0.3, -0.25) is 9.48 Å². The number of hydrogen-bond donors (Lipinski definition) is 0. The lowest BCUT2D eigenvalue weighted by atomic mass is 10.1. The van der Waals surface area contributed by atoms with Crippen LogP contribution >= 0.6 is 0 Å². The van der Waals surface area contributed by atoms with Gasteiger partial charge < -0.3 is 0 Å². The first-order valence-corrected chi connectivity index (χ1v) is 8.57. The van der Waals surface area contributed by atoms with Crippen molar-refractivity contribution in [3.63, 3.8) is 0 Å². The fraction of sp³-hybridized carbons (Fsp3) is 0.333. The maximum Gasteiger partial charge on any atom is 0.175 e. The molecule has 1 heterocycles. The van der Waals surface area contributed by atoms with E-state index in [4.69, 9.17) is 0 Å². The SMILES string of the molecule is CCn1nc(C)cc1CC(=O)c1cccc(S(C)(=O)=O)c1. The Morgan fingerprint density at radius 2 is 2.00 bits per heavy atom. The Hall–Kier alpha value is -1.95. The Morgan fingerprint density at radius 3 is 2.62 bits per heavy atom. The summed E-state index contributed by atoms with van der Waals surface area (Å²) >= 11 is 0. The van der Waals surface area contributed by atoms with Gasteiger partial charge in [0, 0.05) is 24.1 Å². The van der Waals surface area contributed by atoms with Crippen molar-refractivity contribution in [2.24, 2.45) is 0 Å². The summed E-state index contributed by atoms with van der Waals surface area (Å²) in [6, 6.07) is 8.02. The zero-order chi connectivity index (χ0) is 15.6. The molecular weight excluding hydrogens is 288 g/mol. The predicted molar refractivity (Wildman–Crippen MR) is 80.2 cm³/mol. The van der Waals surface area contributed by atoms with Gasteiger partial charge >= 0.3 is 0 Å². The first kappa shape index (κ1) is 15.4. The van der Waals surface area contributed by atoms with Crippen LogP contribution in [0.3, 0.4) is 0 Å². The highest BCUT2D eigenvalue weighted by Gasteiger charge is 2.14. The lowest BCUT2D eigenvalue weighted by Crippen LogP contribution is -2.10. The smallest absolute Gasteiger partial charge is 0.175 e. The van der Waals surface area contributed by atoms with E-state index in [2.05, 4.69) is 5.10 Å². The Bertz CT molecular complexity index is 776. The van der Waals surface area contributed by atoms with Crippen LogP contribution in [0, 0.1) is 6.92 Å². The first-order valence-electron chi connectivity index (χ1n) is 6.68. The predicted octanol–water partition coefficient (Wildman–Crippen LogP) is 2.04. The minimum atomic E-state index is -3.31. The minimum Gasteiger partial charge on any atom is -0.294 e. The minimum absolute atomic E-state index is 0.116. The summed E-state index contributed by atoms with van der Waals surface area (Å²) in [5.74, 6) is -0.116. The van der Waals surface area contributed by atoms with Gasteiger partial charge in [-0.2, -0.15) is 5.10 Å². The Morgan fingerprint density at radius 1 is 1.29 bits per heavy atom. The number of aryl methyl sites for hydroxylation is 2. The summed E-state index contributed by atoms with van der Waals surface area (Å²) in [7, 11) is -3.31. The molecule has 0 fully saturated rings. The van der Waals surface area contributed by atoms with Gasteiger partial charge in [-0.1, -0.05) is 12.1 Å². The molecule has 0 saturated heterocycles. The highest BCUT2D eigenvalue weighted by Crippen LogP contribution is 2.14. The van der Waals surface area contributed by atoms with E-state index in [1.165, 1.54) is 12.1 Å². The average molecular weight is 306 g/mol. The molecule has 0 N–H and O–H groups in total. The molecule has 0 aliphatic rings. The number of carbonyl (C=O) groups excluding carboxylic acids is 1. The van der Waals surface area contributed by atoms with Crippen molar-refractivity contribution < 1.29 is 13.2 Å². The van der Waals surface area contributed by atoms with Crippen molar-refractivity contribution >= 4 is 15.6 Å². The summed E-state index contributed by atoms with van der Waals surface area (Å²) in [5, 5.41) is 4.30. The maximum absolute atomic E-state index is 12.3. The second-order valence-electron chi connectivity index (χ2n) is 4.99. The molecule has 0 amide bonds. The third-order valence-electron chi connectivity index (χ3n) is 3.21. The van der Waals surface area contributed by atoms with Gasteiger partial charge in [0.15, 0.2) is 15.6 Å². The Labute approximate surface area is 124 Å². The number of nitrogens with zero attached hydrogens (tertiary/aromatic N) is 2. The molecule has 0 unspecified atom stereocenters. The summed E-state index contributed by atoms with van der Waals surface area (Å²) in [4.78, 5) is 12.5. The van der Waals surface area contributed by atoms with Crippen LogP contribution in [0.4, 0.5) is 0 Å². The van der Waals surface area contributed by atoms with Crippen molar-refractivity contribution in [1.29, 1.82) is 0 Å². The topological polar surface area (TPSA) is 69.0 Å². The number of benzene rings is 1. The molecule has 112 valence electrons. The van der Waals surface area contributed by atoms with Crippen molar-refractivity contribution in [2.45, 2.75) is 31.7 Å².